The van der Waals surface area contributed by atoms with Crippen LogP contribution in [0.1, 0.15) is 59.0 Å². The van der Waals surface area contributed by atoms with Gasteiger partial charge in [-0.1, -0.05) is 12.1 Å². The van der Waals surface area contributed by atoms with E-state index in [-0.39, 0.29) is 29.4 Å². The lowest BCUT2D eigenvalue weighted by atomic mass is 9.90. The fraction of sp³-hybridized carbons (Fsp3) is 0.400. The van der Waals surface area contributed by atoms with Crippen LogP contribution in [0.2, 0.25) is 0 Å². The molecule has 2 N–H and O–H groups in total. The van der Waals surface area contributed by atoms with E-state index in [1.54, 1.807) is 24.3 Å². The van der Waals surface area contributed by atoms with E-state index in [1.165, 1.54) is 6.07 Å². The molecule has 2 atom stereocenters. The predicted octanol–water partition coefficient (Wildman–Crippen LogP) is 4.61. The fourth-order valence-electron chi connectivity index (χ4n) is 6.22. The van der Waals surface area contributed by atoms with Gasteiger partial charge in [-0.3, -0.25) is 0 Å². The smallest absolute Gasteiger partial charge is 0.352 e. The topological polar surface area (TPSA) is 129 Å². The number of imidazole rings is 1. The first-order valence-corrected chi connectivity index (χ1v) is 13.9. The minimum atomic E-state index is -0.990. The number of benzene rings is 1. The highest BCUT2D eigenvalue weighted by Crippen LogP contribution is 2.65. The van der Waals surface area contributed by atoms with Crippen LogP contribution in [-0.4, -0.2) is 56.4 Å². The number of anilines is 1. The summed E-state index contributed by atoms with van der Waals surface area (Å²) in [5.41, 5.74) is 2.42. The second-order valence-corrected chi connectivity index (χ2v) is 11.2. The Hall–Kier alpha value is -4.43. The SMILES string of the molecule is N#Cc1ccc(COc2cccc(N3CCC4(CC3)CC4c3nc4[nH]c(C(=O)O)cc4n3CC3CCO3)n2)c(F)c1. The van der Waals surface area contributed by atoms with Crippen LogP contribution in [0.5, 0.6) is 5.88 Å². The van der Waals surface area contributed by atoms with E-state index in [4.69, 9.17) is 19.7 Å². The maximum Gasteiger partial charge on any atom is 0.352 e. The number of hydrogen-bond donors (Lipinski definition) is 2. The third kappa shape index (κ3) is 4.68. The van der Waals surface area contributed by atoms with E-state index in [0.717, 1.165) is 62.5 Å². The Labute approximate surface area is 235 Å². The fourth-order valence-corrected chi connectivity index (χ4v) is 6.22. The van der Waals surface area contributed by atoms with Crippen LogP contribution in [-0.2, 0) is 17.9 Å². The first kappa shape index (κ1) is 25.5. The molecule has 41 heavy (non-hydrogen) atoms. The molecule has 2 aliphatic heterocycles. The van der Waals surface area contributed by atoms with Gasteiger partial charge in [-0.2, -0.15) is 10.2 Å². The second kappa shape index (κ2) is 9.89. The lowest BCUT2D eigenvalue weighted by molar-refractivity contribution is -0.0590. The lowest BCUT2D eigenvalue weighted by Gasteiger charge is -2.34. The molecule has 4 aromatic rings. The summed E-state index contributed by atoms with van der Waals surface area (Å²) >= 11 is 0. The summed E-state index contributed by atoms with van der Waals surface area (Å²) < 4.78 is 27.9. The van der Waals surface area contributed by atoms with Gasteiger partial charge in [0.1, 0.15) is 29.8 Å². The Morgan fingerprint density at radius 2 is 2.07 bits per heavy atom. The number of nitrogens with zero attached hydrogens (tertiary/aromatic N) is 5. The summed E-state index contributed by atoms with van der Waals surface area (Å²) in [6.07, 6.45) is 4.20. The molecule has 3 aliphatic rings. The summed E-state index contributed by atoms with van der Waals surface area (Å²) in [4.78, 5) is 26.3. The highest BCUT2D eigenvalue weighted by Gasteiger charge is 2.57. The van der Waals surface area contributed by atoms with E-state index in [0.29, 0.717) is 29.6 Å². The molecule has 0 bridgehead atoms. The van der Waals surface area contributed by atoms with Crippen LogP contribution in [0.15, 0.2) is 42.5 Å². The van der Waals surface area contributed by atoms with Crippen LogP contribution in [0.25, 0.3) is 11.2 Å². The van der Waals surface area contributed by atoms with Crippen LogP contribution < -0.4 is 9.64 Å². The molecule has 11 heteroatoms. The molecular weight excluding hydrogens is 527 g/mol. The van der Waals surface area contributed by atoms with Crippen molar-refractivity contribution in [1.82, 2.24) is 19.5 Å². The third-order valence-electron chi connectivity index (χ3n) is 8.83. The predicted molar refractivity (Wildman–Crippen MR) is 146 cm³/mol. The average Bonchev–Trinajstić information content (AvgIpc) is 3.30. The van der Waals surface area contributed by atoms with Gasteiger partial charge in [0.25, 0.3) is 0 Å². The van der Waals surface area contributed by atoms with Gasteiger partial charge in [-0.25, -0.2) is 14.2 Å². The summed E-state index contributed by atoms with van der Waals surface area (Å²) in [6, 6.07) is 13.6. The zero-order valence-corrected chi connectivity index (χ0v) is 22.3. The number of carboxylic acid groups (broad SMARTS) is 1. The number of halogens is 1. The Kier molecular flexibility index (Phi) is 6.16. The number of ether oxygens (including phenoxy) is 2. The monoisotopic (exact) mass is 556 g/mol. The quantitative estimate of drug-likeness (QED) is 0.322. The number of nitriles is 1. The van der Waals surface area contributed by atoms with Crippen LogP contribution in [0, 0.1) is 22.6 Å². The molecule has 1 spiro atoms. The Morgan fingerprint density at radius 1 is 1.24 bits per heavy atom. The molecule has 1 aliphatic carbocycles. The maximum atomic E-state index is 14.2. The number of rotatable bonds is 8. The molecule has 2 unspecified atom stereocenters. The van der Waals surface area contributed by atoms with Gasteiger partial charge < -0.3 is 29.0 Å². The summed E-state index contributed by atoms with van der Waals surface area (Å²) in [7, 11) is 0. The van der Waals surface area contributed by atoms with Crippen molar-refractivity contribution in [3.05, 3.63) is 70.9 Å². The second-order valence-electron chi connectivity index (χ2n) is 11.2. The number of H-pyrrole nitrogens is 1. The van der Waals surface area contributed by atoms with E-state index in [9.17, 15) is 14.3 Å². The van der Waals surface area contributed by atoms with E-state index in [1.807, 2.05) is 18.2 Å². The third-order valence-corrected chi connectivity index (χ3v) is 8.83. The molecule has 10 nitrogen and oxygen atoms in total. The normalized spacial score (nSPS) is 21.0. The number of aromatic amines is 1. The molecule has 0 radical (unpaired) electrons. The van der Waals surface area contributed by atoms with Gasteiger partial charge in [-0.15, -0.1) is 0 Å². The first-order chi connectivity index (χ1) is 19.9. The van der Waals surface area contributed by atoms with Gasteiger partial charge in [-0.05, 0) is 55.4 Å². The molecule has 2 saturated heterocycles. The van der Waals surface area contributed by atoms with Crippen LogP contribution in [0.4, 0.5) is 10.2 Å². The number of fused-ring (bicyclic) bond motifs is 1. The van der Waals surface area contributed by atoms with Crippen molar-refractivity contribution >= 4 is 23.0 Å². The summed E-state index contributed by atoms with van der Waals surface area (Å²) in [6.45, 7) is 3.18. The van der Waals surface area contributed by atoms with Crippen molar-refractivity contribution in [2.45, 2.75) is 50.9 Å². The highest BCUT2D eigenvalue weighted by molar-refractivity contribution is 5.91. The average molecular weight is 557 g/mol. The number of carboxylic acids is 1. The van der Waals surface area contributed by atoms with Crippen molar-refractivity contribution in [2.75, 3.05) is 24.6 Å². The number of aromatic carboxylic acids is 1. The minimum absolute atomic E-state index is 0.0271. The van der Waals surface area contributed by atoms with E-state index < -0.39 is 11.8 Å². The molecule has 0 amide bonds. The van der Waals surface area contributed by atoms with Gasteiger partial charge in [0.15, 0.2) is 5.65 Å². The molecule has 210 valence electrons. The number of piperidine rings is 1. The van der Waals surface area contributed by atoms with Gasteiger partial charge in [0.2, 0.25) is 5.88 Å². The highest BCUT2D eigenvalue weighted by atomic mass is 19.1. The van der Waals surface area contributed by atoms with Crippen molar-refractivity contribution in [3.63, 3.8) is 0 Å². The van der Waals surface area contributed by atoms with Gasteiger partial charge >= 0.3 is 5.97 Å². The molecule has 1 aromatic carbocycles. The minimum Gasteiger partial charge on any atom is -0.477 e. The molecule has 5 heterocycles. The van der Waals surface area contributed by atoms with Crippen molar-refractivity contribution in [3.8, 4) is 11.9 Å². The summed E-state index contributed by atoms with van der Waals surface area (Å²) in [5, 5.41) is 18.4. The standard InChI is InChI=1S/C30H29FN6O4/c31-22-12-18(15-32)4-5-19(22)17-41-26-3-1-2-25(34-26)36-9-7-30(8-10-36)14-21(30)28-35-27-24(13-23(33-27)29(38)39)37(28)16-20-6-11-40-20/h1-5,12-13,20-21,33H,6-11,14,16-17H2,(H,38,39). The Balaban J connectivity index is 1.02. The number of hydrogen-bond acceptors (Lipinski definition) is 7. The number of nitrogens with one attached hydrogen (secondary N) is 1. The number of pyridine rings is 1. The van der Waals surface area contributed by atoms with Crippen molar-refractivity contribution in [2.24, 2.45) is 5.41 Å². The first-order valence-electron chi connectivity index (χ1n) is 13.9. The zero-order valence-electron chi connectivity index (χ0n) is 22.3. The molecule has 3 aromatic heterocycles. The summed E-state index contributed by atoms with van der Waals surface area (Å²) in [5.74, 6) is 1.14. The number of aromatic nitrogens is 4. The van der Waals surface area contributed by atoms with Crippen molar-refractivity contribution in [1.29, 1.82) is 5.26 Å². The molecule has 3 fully saturated rings. The van der Waals surface area contributed by atoms with E-state index >= 15 is 0 Å². The largest absolute Gasteiger partial charge is 0.477 e. The van der Waals surface area contributed by atoms with E-state index in [2.05, 4.69) is 19.4 Å². The van der Waals surface area contributed by atoms with Crippen LogP contribution >= 0.6 is 0 Å². The molecule has 1 saturated carbocycles. The zero-order chi connectivity index (χ0) is 28.1. The molecule has 7 rings (SSSR count). The van der Waals surface area contributed by atoms with Gasteiger partial charge in [0, 0.05) is 37.2 Å². The Morgan fingerprint density at radius 3 is 2.78 bits per heavy atom. The maximum absolute atomic E-state index is 14.2. The number of carbonyl (C=O) groups is 1. The lowest BCUT2D eigenvalue weighted by Crippen LogP contribution is -2.36. The van der Waals surface area contributed by atoms with Crippen molar-refractivity contribution < 1.29 is 23.8 Å². The Bertz CT molecular complexity index is 1680. The molecular formula is C30H29FN6O4. The van der Waals surface area contributed by atoms with Crippen LogP contribution in [0.3, 0.4) is 0 Å². The van der Waals surface area contributed by atoms with Gasteiger partial charge in [0.05, 0.1) is 29.8 Å².